The number of amides is 6. The Hall–Kier alpha value is -7.07. The summed E-state index contributed by atoms with van der Waals surface area (Å²) in [6.07, 6.45) is -1.49. The molecule has 0 radical (unpaired) electrons. The van der Waals surface area contributed by atoms with E-state index >= 15 is 0 Å². The van der Waals surface area contributed by atoms with E-state index in [1.165, 1.54) is 4.90 Å². The third kappa shape index (κ3) is 14.0. The van der Waals surface area contributed by atoms with Crippen molar-refractivity contribution in [1.29, 1.82) is 0 Å². The van der Waals surface area contributed by atoms with E-state index < -0.39 is 90.6 Å². The first-order chi connectivity index (χ1) is 30.6. The van der Waals surface area contributed by atoms with E-state index in [2.05, 4.69) is 26.6 Å². The number of carboxylic acids is 1. The van der Waals surface area contributed by atoms with E-state index in [1.54, 1.807) is 51.1 Å². The molecule has 0 saturated carbocycles. The largest absolute Gasteiger partial charge is 0.480 e. The Bertz CT molecular complexity index is 2110. The van der Waals surface area contributed by atoms with Gasteiger partial charge in [0.05, 0.1) is 19.6 Å². The second-order valence-corrected chi connectivity index (χ2v) is 16.3. The summed E-state index contributed by atoms with van der Waals surface area (Å²) in [5, 5.41) is 22.3. The van der Waals surface area contributed by atoms with Crippen molar-refractivity contribution in [2.45, 2.75) is 82.3 Å². The Morgan fingerprint density at radius 3 is 1.72 bits per heavy atom. The topological polar surface area (TPSA) is 222 Å². The maximum absolute atomic E-state index is 14.5. The van der Waals surface area contributed by atoms with Crippen LogP contribution in [0.3, 0.4) is 0 Å². The fourth-order valence-corrected chi connectivity index (χ4v) is 7.29. The van der Waals surface area contributed by atoms with Crippen LogP contribution in [0.5, 0.6) is 0 Å². The van der Waals surface area contributed by atoms with Crippen molar-refractivity contribution in [3.8, 4) is 0 Å². The number of rotatable bonds is 19. The smallest absolute Gasteiger partial charge is 0.412 e. The van der Waals surface area contributed by atoms with Gasteiger partial charge in [-0.05, 0) is 49.4 Å². The summed E-state index contributed by atoms with van der Waals surface area (Å²) in [5.74, 6) is -4.94. The summed E-state index contributed by atoms with van der Waals surface area (Å²) in [6.45, 7) is 4.62. The molecule has 4 aromatic carbocycles. The first-order valence-electron chi connectivity index (χ1n) is 21.1. The second kappa shape index (κ2) is 22.9. The Kier molecular flexibility index (Phi) is 17.1. The Labute approximate surface area is 372 Å². The van der Waals surface area contributed by atoms with Crippen LogP contribution in [0.15, 0.2) is 121 Å². The van der Waals surface area contributed by atoms with Crippen molar-refractivity contribution in [2.24, 2.45) is 0 Å². The molecule has 64 heavy (non-hydrogen) atoms. The maximum atomic E-state index is 14.5. The number of hydrogen-bond acceptors (Lipinski definition) is 9. The molecule has 0 aromatic heterocycles. The average molecular weight is 877 g/mol. The van der Waals surface area contributed by atoms with E-state index in [0.717, 1.165) is 16.7 Å². The average Bonchev–Trinajstić information content (AvgIpc) is 3.28. The van der Waals surface area contributed by atoms with Crippen molar-refractivity contribution in [3.05, 3.63) is 144 Å². The number of ether oxygens (including phenoxy) is 2. The molecule has 0 bridgehead atoms. The number of carboxylic acid groups (broad SMARTS) is 1. The number of benzene rings is 4. The summed E-state index contributed by atoms with van der Waals surface area (Å²) in [6, 6.07) is 34.0. The number of nitrogens with one attached hydrogen (secondary N) is 5. The van der Waals surface area contributed by atoms with Crippen molar-refractivity contribution in [2.75, 3.05) is 26.2 Å². The summed E-state index contributed by atoms with van der Waals surface area (Å²) >= 11 is 0. The van der Waals surface area contributed by atoms with Crippen LogP contribution in [0.2, 0.25) is 0 Å². The fraction of sp³-hybridized carbons (Fsp3) is 0.354. The molecule has 338 valence electrons. The van der Waals surface area contributed by atoms with Gasteiger partial charge >= 0.3 is 12.1 Å². The van der Waals surface area contributed by atoms with Crippen molar-refractivity contribution >= 4 is 41.6 Å². The summed E-state index contributed by atoms with van der Waals surface area (Å²) in [4.78, 5) is 94.1. The van der Waals surface area contributed by atoms with E-state index in [4.69, 9.17) is 14.6 Å². The molecule has 16 heteroatoms. The molecule has 0 spiro atoms. The molecule has 1 aliphatic heterocycles. The van der Waals surface area contributed by atoms with Crippen molar-refractivity contribution < 1.29 is 48.1 Å². The molecule has 1 heterocycles. The van der Waals surface area contributed by atoms with Gasteiger partial charge in [0.15, 0.2) is 0 Å². The van der Waals surface area contributed by atoms with Gasteiger partial charge in [0, 0.05) is 25.8 Å². The Balaban J connectivity index is 1.37. The molecule has 4 aromatic rings. The fourth-order valence-electron chi connectivity index (χ4n) is 7.29. The van der Waals surface area contributed by atoms with Gasteiger partial charge in [-0.3, -0.25) is 33.7 Å². The van der Waals surface area contributed by atoms with Crippen LogP contribution in [0, 0.1) is 0 Å². The molecule has 16 nitrogen and oxygen atoms in total. The van der Waals surface area contributed by atoms with E-state index in [-0.39, 0.29) is 19.3 Å². The normalized spacial score (nSPS) is 14.8. The molecule has 3 atom stereocenters. The van der Waals surface area contributed by atoms with Crippen LogP contribution >= 0.6 is 0 Å². The summed E-state index contributed by atoms with van der Waals surface area (Å²) in [7, 11) is 0. The first kappa shape index (κ1) is 48.0. The van der Waals surface area contributed by atoms with Gasteiger partial charge in [0.1, 0.15) is 36.0 Å². The highest BCUT2D eigenvalue weighted by Gasteiger charge is 2.39. The highest BCUT2D eigenvalue weighted by Crippen LogP contribution is 2.37. The lowest BCUT2D eigenvalue weighted by atomic mass is 9.77. The van der Waals surface area contributed by atoms with Crippen LogP contribution in [0.1, 0.15) is 68.7 Å². The minimum Gasteiger partial charge on any atom is -0.480 e. The lowest BCUT2D eigenvalue weighted by molar-refractivity contribution is -0.138. The molecular formula is C48H56N6O10. The maximum Gasteiger partial charge on any atom is 0.412 e. The zero-order valence-electron chi connectivity index (χ0n) is 36.2. The van der Waals surface area contributed by atoms with E-state index in [0.29, 0.717) is 25.1 Å². The van der Waals surface area contributed by atoms with Crippen LogP contribution < -0.4 is 26.6 Å². The third-order valence-corrected chi connectivity index (χ3v) is 10.2. The molecule has 1 saturated heterocycles. The van der Waals surface area contributed by atoms with Crippen molar-refractivity contribution in [3.63, 3.8) is 0 Å². The highest BCUT2D eigenvalue weighted by molar-refractivity contribution is 5.95. The molecule has 1 fully saturated rings. The number of carbonyl (C=O) groups is 7. The molecule has 5 rings (SSSR count). The lowest BCUT2D eigenvalue weighted by Crippen LogP contribution is -2.55. The minimum atomic E-state index is -1.51. The predicted molar refractivity (Wildman–Crippen MR) is 236 cm³/mol. The van der Waals surface area contributed by atoms with Gasteiger partial charge in [-0.25, -0.2) is 4.79 Å². The third-order valence-electron chi connectivity index (χ3n) is 10.2. The first-order valence-corrected chi connectivity index (χ1v) is 21.1. The van der Waals surface area contributed by atoms with Gasteiger partial charge in [-0.1, -0.05) is 121 Å². The van der Waals surface area contributed by atoms with Crippen LogP contribution in [-0.2, 0) is 50.2 Å². The van der Waals surface area contributed by atoms with Crippen LogP contribution in [-0.4, -0.2) is 102 Å². The molecule has 1 unspecified atom stereocenters. The van der Waals surface area contributed by atoms with Crippen molar-refractivity contribution in [1.82, 2.24) is 31.5 Å². The van der Waals surface area contributed by atoms with Gasteiger partial charge < -0.3 is 41.2 Å². The Morgan fingerprint density at radius 1 is 0.688 bits per heavy atom. The monoisotopic (exact) mass is 876 g/mol. The number of carbonyl (C=O) groups excluding carboxylic acids is 6. The molecular weight excluding hydrogens is 821 g/mol. The zero-order chi connectivity index (χ0) is 46.1. The highest BCUT2D eigenvalue weighted by atomic mass is 16.6. The second-order valence-electron chi connectivity index (χ2n) is 16.3. The lowest BCUT2D eigenvalue weighted by Gasteiger charge is -2.37. The van der Waals surface area contributed by atoms with Gasteiger partial charge in [0.25, 0.3) is 0 Å². The van der Waals surface area contributed by atoms with Crippen LogP contribution in [0.4, 0.5) is 4.79 Å². The summed E-state index contributed by atoms with van der Waals surface area (Å²) in [5.41, 5.74) is 0.847. The molecule has 6 amide bonds. The number of hydrogen-bond donors (Lipinski definition) is 6. The predicted octanol–water partition coefficient (Wildman–Crippen LogP) is 3.78. The van der Waals surface area contributed by atoms with E-state index in [9.17, 15) is 33.6 Å². The SMILES string of the molecule is CC(C)(C)OC(=O)N1CCCOC1CCC(=O)N[C@@H](CC(=O)NC(c1ccccc1)(c1ccccc1)c1ccccc1)C(=O)NCC(=O)N[C@@H](Cc1ccccc1)C(=O)NCC(=O)O. The minimum absolute atomic E-state index is 0.0207. The summed E-state index contributed by atoms with van der Waals surface area (Å²) < 4.78 is 11.4. The van der Waals surface area contributed by atoms with Crippen LogP contribution in [0.25, 0.3) is 0 Å². The van der Waals surface area contributed by atoms with E-state index in [1.807, 2.05) is 91.0 Å². The standard InChI is InChI=1S/C48H56N6O10/c1-47(2,3)64-46(62)54-27-16-28-63-42(54)26-25-39(55)51-38(45(61)49-31-41(57)52-37(44(60)50-32-43(58)59)29-33-17-8-4-9-18-33)30-40(56)53-48(34-19-10-5-11-20-34,35-21-12-6-13-22-35)36-23-14-7-15-24-36/h4-15,17-24,37-38,42H,16,25-32H2,1-3H3,(H,49,61)(H,50,60)(H,51,55)(H,52,57)(H,53,56)(H,58,59)/t37-,38-,42?/m0/s1. The van der Waals surface area contributed by atoms with Gasteiger partial charge in [-0.15, -0.1) is 0 Å². The zero-order valence-corrected chi connectivity index (χ0v) is 36.2. The molecule has 6 N–H and O–H groups in total. The quantitative estimate of drug-likeness (QED) is 0.0749. The Morgan fingerprint density at radius 2 is 1.19 bits per heavy atom. The van der Waals surface area contributed by atoms with Gasteiger partial charge in [-0.2, -0.15) is 0 Å². The van der Waals surface area contributed by atoms with Gasteiger partial charge in [0.2, 0.25) is 29.5 Å². The molecule has 1 aliphatic rings. The molecule has 0 aliphatic carbocycles. The number of nitrogens with zero attached hydrogens (tertiary/aromatic N) is 1. The number of aliphatic carboxylic acids is 1.